The van der Waals surface area contributed by atoms with Gasteiger partial charge in [-0.2, -0.15) is 4.31 Å². The maximum absolute atomic E-state index is 13.1. The Morgan fingerprint density at radius 2 is 1.70 bits per heavy atom. The largest absolute Gasteiger partial charge is 0.465 e. The van der Waals surface area contributed by atoms with Crippen LogP contribution >= 0.6 is 12.4 Å². The number of ether oxygens (including phenoxy) is 2. The van der Waals surface area contributed by atoms with Crippen molar-refractivity contribution in [2.45, 2.75) is 17.7 Å². The summed E-state index contributed by atoms with van der Waals surface area (Å²) < 4.78 is 36.8. The molecule has 1 atom stereocenters. The van der Waals surface area contributed by atoms with E-state index in [0.717, 1.165) is 19.4 Å². The van der Waals surface area contributed by atoms with E-state index in [1.165, 1.54) is 36.7 Å². The summed E-state index contributed by atoms with van der Waals surface area (Å²) in [5.41, 5.74) is -0.0319. The Morgan fingerprint density at radius 1 is 1.15 bits per heavy atom. The average Bonchev–Trinajstić information content (AvgIpc) is 2.66. The molecule has 0 aromatic heterocycles. The monoisotopic (exact) mass is 420 g/mol. The van der Waals surface area contributed by atoms with E-state index in [0.29, 0.717) is 13.1 Å². The van der Waals surface area contributed by atoms with Gasteiger partial charge in [0.1, 0.15) is 0 Å². The van der Waals surface area contributed by atoms with Gasteiger partial charge in [-0.25, -0.2) is 18.0 Å². The highest BCUT2D eigenvalue weighted by Gasteiger charge is 2.31. The zero-order valence-electron chi connectivity index (χ0n) is 15.6. The highest BCUT2D eigenvalue weighted by Crippen LogP contribution is 2.25. The molecule has 0 bridgehead atoms. The van der Waals surface area contributed by atoms with Gasteiger partial charge in [-0.15, -0.1) is 12.4 Å². The van der Waals surface area contributed by atoms with E-state index < -0.39 is 22.0 Å². The Balaban J connectivity index is 0.00000364. The standard InChI is InChI=1S/C17H24N2O6S.ClH/c1-18-10-12-5-4-6-19(11-12)26(22,23)15-8-13(16(20)24-2)7-14(9-15)17(21)25-3;/h7-9,12,18H,4-6,10-11H2,1-3H3;1H. The van der Waals surface area contributed by atoms with Crippen LogP contribution in [0.25, 0.3) is 0 Å². The summed E-state index contributed by atoms with van der Waals surface area (Å²) in [6, 6.07) is 3.72. The van der Waals surface area contributed by atoms with Crippen molar-refractivity contribution >= 4 is 34.4 Å². The molecular weight excluding hydrogens is 396 g/mol. The number of nitrogens with one attached hydrogen (secondary N) is 1. The number of rotatable bonds is 6. The molecule has 1 fully saturated rings. The van der Waals surface area contributed by atoms with Gasteiger partial charge in [-0.1, -0.05) is 0 Å². The number of benzene rings is 1. The summed E-state index contributed by atoms with van der Waals surface area (Å²) >= 11 is 0. The number of hydrogen-bond donors (Lipinski definition) is 1. The van der Waals surface area contributed by atoms with Crippen LogP contribution < -0.4 is 5.32 Å². The molecule has 27 heavy (non-hydrogen) atoms. The zero-order chi connectivity index (χ0) is 19.3. The van der Waals surface area contributed by atoms with Gasteiger partial charge in [0.05, 0.1) is 30.2 Å². The fourth-order valence-corrected chi connectivity index (χ4v) is 4.70. The molecule has 0 saturated carbocycles. The first-order chi connectivity index (χ1) is 12.3. The second-order valence-corrected chi connectivity index (χ2v) is 8.10. The molecule has 0 aliphatic carbocycles. The van der Waals surface area contributed by atoms with Gasteiger partial charge in [0.2, 0.25) is 10.0 Å². The van der Waals surface area contributed by atoms with E-state index in [9.17, 15) is 18.0 Å². The molecule has 10 heteroatoms. The van der Waals surface area contributed by atoms with E-state index in [1.54, 1.807) is 0 Å². The van der Waals surface area contributed by atoms with Gasteiger partial charge in [0.15, 0.2) is 0 Å². The number of nitrogens with zero attached hydrogens (tertiary/aromatic N) is 1. The molecular formula is C17H25ClN2O6S. The van der Waals surface area contributed by atoms with E-state index >= 15 is 0 Å². The molecule has 2 rings (SSSR count). The molecule has 1 aromatic rings. The third kappa shape index (κ3) is 5.41. The van der Waals surface area contributed by atoms with Gasteiger partial charge >= 0.3 is 11.9 Å². The first-order valence-corrected chi connectivity index (χ1v) is 9.74. The Kier molecular flexibility index (Phi) is 8.67. The van der Waals surface area contributed by atoms with Crippen LogP contribution in [0.1, 0.15) is 33.6 Å². The van der Waals surface area contributed by atoms with Gasteiger partial charge in [-0.3, -0.25) is 0 Å². The molecule has 1 aromatic carbocycles. The molecule has 152 valence electrons. The fourth-order valence-electron chi connectivity index (χ4n) is 3.07. The van der Waals surface area contributed by atoms with Crippen molar-refractivity contribution in [3.8, 4) is 0 Å². The van der Waals surface area contributed by atoms with Crippen molar-refractivity contribution < 1.29 is 27.5 Å². The van der Waals surface area contributed by atoms with Crippen molar-refractivity contribution in [3.05, 3.63) is 29.3 Å². The third-order valence-electron chi connectivity index (χ3n) is 4.36. The smallest absolute Gasteiger partial charge is 0.337 e. The fraction of sp³-hybridized carbons (Fsp3) is 0.529. The molecule has 1 aliphatic heterocycles. The van der Waals surface area contributed by atoms with E-state index in [1.807, 2.05) is 7.05 Å². The Labute approximate surface area is 165 Å². The van der Waals surface area contributed by atoms with Crippen LogP contribution in [0, 0.1) is 5.92 Å². The second kappa shape index (κ2) is 10.0. The number of hydrogen-bond acceptors (Lipinski definition) is 7. The number of piperidine rings is 1. The second-order valence-electron chi connectivity index (χ2n) is 6.16. The minimum atomic E-state index is -3.85. The van der Waals surface area contributed by atoms with Gasteiger partial charge in [0, 0.05) is 13.1 Å². The summed E-state index contributed by atoms with van der Waals surface area (Å²) in [5.74, 6) is -1.23. The highest BCUT2D eigenvalue weighted by molar-refractivity contribution is 7.89. The normalized spacial score (nSPS) is 17.7. The lowest BCUT2D eigenvalue weighted by molar-refractivity contribution is 0.0598. The first-order valence-electron chi connectivity index (χ1n) is 8.30. The number of halogens is 1. The molecule has 1 unspecified atom stereocenters. The van der Waals surface area contributed by atoms with Crippen LogP contribution in [0.15, 0.2) is 23.1 Å². The Morgan fingerprint density at radius 3 is 2.19 bits per heavy atom. The van der Waals surface area contributed by atoms with Crippen LogP contribution in [-0.4, -0.2) is 65.6 Å². The van der Waals surface area contributed by atoms with Crippen LogP contribution in [0.5, 0.6) is 0 Å². The summed E-state index contributed by atoms with van der Waals surface area (Å²) in [4.78, 5) is 23.6. The molecule has 1 heterocycles. The van der Waals surface area contributed by atoms with Crippen LogP contribution in [-0.2, 0) is 19.5 Å². The number of carbonyl (C=O) groups excluding carboxylic acids is 2. The van der Waals surface area contributed by atoms with Gasteiger partial charge in [0.25, 0.3) is 0 Å². The van der Waals surface area contributed by atoms with E-state index in [-0.39, 0.29) is 34.3 Å². The number of carbonyl (C=O) groups is 2. The van der Waals surface area contributed by atoms with E-state index in [4.69, 9.17) is 0 Å². The van der Waals surface area contributed by atoms with E-state index in [2.05, 4.69) is 14.8 Å². The summed E-state index contributed by atoms with van der Waals surface area (Å²) in [6.45, 7) is 1.51. The molecule has 8 nitrogen and oxygen atoms in total. The highest BCUT2D eigenvalue weighted by atomic mass is 35.5. The van der Waals surface area contributed by atoms with Gasteiger partial charge < -0.3 is 14.8 Å². The topological polar surface area (TPSA) is 102 Å². The number of esters is 2. The first kappa shape index (κ1) is 23.4. The Bertz CT molecular complexity index is 747. The minimum absolute atomic E-state index is 0. The molecule has 0 spiro atoms. The lowest BCUT2D eigenvalue weighted by atomic mass is 10.00. The van der Waals surface area contributed by atoms with Crippen molar-refractivity contribution in [2.75, 3.05) is 40.9 Å². The molecule has 1 N–H and O–H groups in total. The molecule has 1 saturated heterocycles. The van der Waals surface area contributed by atoms with Crippen LogP contribution in [0.3, 0.4) is 0 Å². The molecule has 1 aliphatic rings. The summed E-state index contributed by atoms with van der Waals surface area (Å²) in [5, 5.41) is 3.07. The zero-order valence-corrected chi connectivity index (χ0v) is 17.2. The Hall–Kier alpha value is -1.68. The van der Waals surface area contributed by atoms with Crippen molar-refractivity contribution in [1.29, 1.82) is 0 Å². The third-order valence-corrected chi connectivity index (χ3v) is 6.20. The summed E-state index contributed by atoms with van der Waals surface area (Å²) in [7, 11) is 0.355. The van der Waals surface area contributed by atoms with Crippen molar-refractivity contribution in [1.82, 2.24) is 9.62 Å². The van der Waals surface area contributed by atoms with Crippen LogP contribution in [0.2, 0.25) is 0 Å². The van der Waals surface area contributed by atoms with Crippen molar-refractivity contribution in [2.24, 2.45) is 5.92 Å². The minimum Gasteiger partial charge on any atom is -0.465 e. The predicted molar refractivity (Wildman–Crippen MR) is 102 cm³/mol. The SMILES string of the molecule is CNCC1CCCN(S(=O)(=O)c2cc(C(=O)OC)cc(C(=O)OC)c2)C1.Cl. The molecule has 0 amide bonds. The summed E-state index contributed by atoms with van der Waals surface area (Å²) in [6.07, 6.45) is 1.70. The lowest BCUT2D eigenvalue weighted by Gasteiger charge is -2.32. The van der Waals surface area contributed by atoms with Crippen molar-refractivity contribution in [3.63, 3.8) is 0 Å². The average molecular weight is 421 g/mol. The van der Waals surface area contributed by atoms with Crippen LogP contribution in [0.4, 0.5) is 0 Å². The van der Waals surface area contributed by atoms with Gasteiger partial charge in [-0.05, 0) is 50.6 Å². The number of methoxy groups -OCH3 is 2. The maximum atomic E-state index is 13.1. The maximum Gasteiger partial charge on any atom is 0.337 e. The quantitative estimate of drug-likeness (QED) is 0.692. The lowest BCUT2D eigenvalue weighted by Crippen LogP contribution is -2.42. The number of sulfonamides is 1. The predicted octanol–water partition coefficient (Wildman–Crippen LogP) is 1.30. The molecule has 0 radical (unpaired) electrons.